The normalized spacial score (nSPS) is 13.7. The molecule has 0 rings (SSSR count). The van der Waals surface area contributed by atoms with Gasteiger partial charge in [0.25, 0.3) is 0 Å². The molecule has 0 aliphatic carbocycles. The van der Waals surface area contributed by atoms with E-state index in [1.165, 1.54) is 44.9 Å². The Morgan fingerprint density at radius 2 is 1.39 bits per heavy atom. The van der Waals surface area contributed by atoms with Crippen molar-refractivity contribution < 1.29 is 15.0 Å². The summed E-state index contributed by atoms with van der Waals surface area (Å²) in [5.41, 5.74) is 0. The molecule has 23 heavy (non-hydrogen) atoms. The van der Waals surface area contributed by atoms with Crippen LogP contribution in [0.2, 0.25) is 0 Å². The molecule has 4 nitrogen and oxygen atoms in total. The van der Waals surface area contributed by atoms with E-state index >= 15 is 0 Å². The van der Waals surface area contributed by atoms with Crippen molar-refractivity contribution in [3.05, 3.63) is 0 Å². The molecule has 1 amide bonds. The second-order valence-corrected chi connectivity index (χ2v) is 6.64. The smallest absolute Gasteiger partial charge is 0.220 e. The minimum atomic E-state index is -0.643. The molecule has 0 saturated heterocycles. The monoisotopic (exact) mass is 329 g/mol. The van der Waals surface area contributed by atoms with E-state index in [1.54, 1.807) is 0 Å². The average Bonchev–Trinajstić information content (AvgIpc) is 2.55. The van der Waals surface area contributed by atoms with Crippen LogP contribution in [0.1, 0.15) is 97.3 Å². The first-order valence-electron chi connectivity index (χ1n) is 9.73. The molecule has 2 unspecified atom stereocenters. The molecule has 0 aliphatic heterocycles. The van der Waals surface area contributed by atoms with Gasteiger partial charge in [0.15, 0.2) is 0 Å². The number of carbonyl (C=O) groups excluding carboxylic acids is 1. The number of unbranched alkanes of at least 4 members (excludes halogenated alkanes) is 9. The molecular formula is C19H39NO3. The first-order chi connectivity index (χ1) is 11.2. The summed E-state index contributed by atoms with van der Waals surface area (Å²) in [4.78, 5) is 11.9. The van der Waals surface area contributed by atoms with Gasteiger partial charge < -0.3 is 15.5 Å². The number of rotatable bonds is 16. The third kappa shape index (κ3) is 13.5. The zero-order chi connectivity index (χ0) is 17.3. The lowest BCUT2D eigenvalue weighted by Crippen LogP contribution is -2.45. The molecule has 2 atom stereocenters. The van der Waals surface area contributed by atoms with Crippen LogP contribution in [0.15, 0.2) is 0 Å². The Morgan fingerprint density at radius 1 is 0.870 bits per heavy atom. The van der Waals surface area contributed by atoms with Crippen LogP contribution in [0.5, 0.6) is 0 Å². The van der Waals surface area contributed by atoms with E-state index in [1.807, 2.05) is 0 Å². The Balaban J connectivity index is 3.77. The number of amides is 1. The number of carbonyl (C=O) groups is 1. The maximum atomic E-state index is 11.9. The summed E-state index contributed by atoms with van der Waals surface area (Å²) in [5.74, 6) is -0.0513. The first kappa shape index (κ1) is 22.4. The zero-order valence-corrected chi connectivity index (χ0v) is 15.4. The lowest BCUT2D eigenvalue weighted by molar-refractivity contribution is -0.123. The predicted octanol–water partition coefficient (Wildman–Crippen LogP) is 3.94. The summed E-state index contributed by atoms with van der Waals surface area (Å²) >= 11 is 0. The molecule has 0 heterocycles. The Morgan fingerprint density at radius 3 is 1.96 bits per heavy atom. The summed E-state index contributed by atoms with van der Waals surface area (Å²) in [5, 5.41) is 22.3. The van der Waals surface area contributed by atoms with Crippen LogP contribution < -0.4 is 5.32 Å². The number of aliphatic hydroxyl groups excluding tert-OH is 2. The molecule has 4 heteroatoms. The zero-order valence-electron chi connectivity index (χ0n) is 15.4. The first-order valence-corrected chi connectivity index (χ1v) is 9.73. The van der Waals surface area contributed by atoms with Gasteiger partial charge in [0.05, 0.1) is 18.8 Å². The fourth-order valence-corrected chi connectivity index (χ4v) is 2.77. The molecule has 0 spiro atoms. The molecule has 0 fully saturated rings. The summed E-state index contributed by atoms with van der Waals surface area (Å²) in [6, 6.07) is -0.520. The highest BCUT2D eigenvalue weighted by Gasteiger charge is 2.19. The van der Waals surface area contributed by atoms with Crippen molar-refractivity contribution in [3.8, 4) is 0 Å². The highest BCUT2D eigenvalue weighted by atomic mass is 16.3. The third-order valence-corrected chi connectivity index (χ3v) is 4.37. The SMILES string of the molecule is CCCCCCCCC(=O)NC(CO)C(O)CCCCCCC. The topological polar surface area (TPSA) is 69.6 Å². The molecule has 0 aromatic carbocycles. The molecular weight excluding hydrogens is 290 g/mol. The van der Waals surface area contributed by atoms with Gasteiger partial charge in [-0.1, -0.05) is 78.1 Å². The van der Waals surface area contributed by atoms with E-state index in [2.05, 4.69) is 19.2 Å². The fraction of sp³-hybridized carbons (Fsp3) is 0.947. The standard InChI is InChI=1S/C19H39NO3/c1-3-5-7-9-11-13-15-19(23)20-17(16-21)18(22)14-12-10-8-6-4-2/h17-18,21-22H,3-16H2,1-2H3,(H,20,23). The lowest BCUT2D eigenvalue weighted by atomic mass is 10.0. The average molecular weight is 330 g/mol. The second kappa shape index (κ2) is 16.3. The molecule has 0 bridgehead atoms. The third-order valence-electron chi connectivity index (χ3n) is 4.37. The molecule has 3 N–H and O–H groups in total. The van der Waals surface area contributed by atoms with E-state index < -0.39 is 12.1 Å². The van der Waals surface area contributed by atoms with E-state index in [0.717, 1.165) is 25.7 Å². The van der Waals surface area contributed by atoms with Gasteiger partial charge in [-0.3, -0.25) is 4.79 Å². The molecule has 0 aliphatic rings. The maximum absolute atomic E-state index is 11.9. The van der Waals surface area contributed by atoms with E-state index in [4.69, 9.17) is 0 Å². The number of nitrogens with one attached hydrogen (secondary N) is 1. The fourth-order valence-electron chi connectivity index (χ4n) is 2.77. The number of hydrogen-bond donors (Lipinski definition) is 3. The Labute approximate surface area is 143 Å². The van der Waals surface area contributed by atoms with Crippen molar-refractivity contribution in [1.82, 2.24) is 5.32 Å². The predicted molar refractivity (Wildman–Crippen MR) is 96.4 cm³/mol. The van der Waals surface area contributed by atoms with Crippen molar-refractivity contribution >= 4 is 5.91 Å². The van der Waals surface area contributed by atoms with Crippen molar-refractivity contribution in [1.29, 1.82) is 0 Å². The van der Waals surface area contributed by atoms with Crippen LogP contribution in [0.25, 0.3) is 0 Å². The summed E-state index contributed by atoms with van der Waals surface area (Å²) in [6.07, 6.45) is 13.1. The molecule has 0 saturated carbocycles. The van der Waals surface area contributed by atoms with Crippen LogP contribution in [0.4, 0.5) is 0 Å². The Hall–Kier alpha value is -0.610. The van der Waals surface area contributed by atoms with Gasteiger partial charge in [-0.2, -0.15) is 0 Å². The minimum Gasteiger partial charge on any atom is -0.394 e. The van der Waals surface area contributed by atoms with Crippen LogP contribution >= 0.6 is 0 Å². The van der Waals surface area contributed by atoms with Crippen molar-refractivity contribution in [2.24, 2.45) is 0 Å². The van der Waals surface area contributed by atoms with Crippen LogP contribution in [-0.2, 0) is 4.79 Å². The number of hydrogen-bond acceptors (Lipinski definition) is 3. The molecule has 0 radical (unpaired) electrons. The quantitative estimate of drug-likeness (QED) is 0.376. The van der Waals surface area contributed by atoms with E-state index in [0.29, 0.717) is 12.8 Å². The van der Waals surface area contributed by atoms with Crippen LogP contribution in [-0.4, -0.2) is 34.9 Å². The Kier molecular flexibility index (Phi) is 15.8. The van der Waals surface area contributed by atoms with Crippen molar-refractivity contribution in [2.45, 2.75) is 109 Å². The van der Waals surface area contributed by atoms with Crippen LogP contribution in [0, 0.1) is 0 Å². The van der Waals surface area contributed by atoms with Gasteiger partial charge >= 0.3 is 0 Å². The second-order valence-electron chi connectivity index (χ2n) is 6.64. The van der Waals surface area contributed by atoms with Gasteiger partial charge in [-0.25, -0.2) is 0 Å². The number of aliphatic hydroxyl groups is 2. The van der Waals surface area contributed by atoms with Gasteiger partial charge in [0, 0.05) is 6.42 Å². The van der Waals surface area contributed by atoms with Gasteiger partial charge in [0.2, 0.25) is 5.91 Å². The van der Waals surface area contributed by atoms with Crippen LogP contribution in [0.3, 0.4) is 0 Å². The molecule has 0 aromatic rings. The largest absolute Gasteiger partial charge is 0.394 e. The van der Waals surface area contributed by atoms with Crippen molar-refractivity contribution in [2.75, 3.05) is 6.61 Å². The lowest BCUT2D eigenvalue weighted by Gasteiger charge is -2.22. The molecule has 0 aromatic heterocycles. The van der Waals surface area contributed by atoms with E-state index in [9.17, 15) is 15.0 Å². The van der Waals surface area contributed by atoms with Crippen molar-refractivity contribution in [3.63, 3.8) is 0 Å². The Bertz CT molecular complexity index is 271. The summed E-state index contributed by atoms with van der Waals surface area (Å²) < 4.78 is 0. The summed E-state index contributed by atoms with van der Waals surface area (Å²) in [6.45, 7) is 4.17. The van der Waals surface area contributed by atoms with Gasteiger partial charge in [-0.05, 0) is 12.8 Å². The molecule has 138 valence electrons. The van der Waals surface area contributed by atoms with Gasteiger partial charge in [-0.15, -0.1) is 0 Å². The highest BCUT2D eigenvalue weighted by molar-refractivity contribution is 5.76. The maximum Gasteiger partial charge on any atom is 0.220 e. The van der Waals surface area contributed by atoms with Gasteiger partial charge in [0.1, 0.15) is 0 Å². The van der Waals surface area contributed by atoms with E-state index in [-0.39, 0.29) is 12.5 Å². The highest BCUT2D eigenvalue weighted by Crippen LogP contribution is 2.10. The summed E-state index contributed by atoms with van der Waals surface area (Å²) in [7, 11) is 0. The minimum absolute atomic E-state index is 0.0513.